The van der Waals surface area contributed by atoms with Gasteiger partial charge in [-0.05, 0) is 26.0 Å². The summed E-state index contributed by atoms with van der Waals surface area (Å²) in [4.78, 5) is 8.20. The second-order valence-electron chi connectivity index (χ2n) is 4.18. The number of hydrogen-bond donors (Lipinski definition) is 2. The minimum atomic E-state index is 0.270. The van der Waals surface area contributed by atoms with E-state index >= 15 is 0 Å². The summed E-state index contributed by atoms with van der Waals surface area (Å²) in [6.07, 6.45) is 5.94. The van der Waals surface area contributed by atoms with Crippen LogP contribution in [-0.2, 0) is 0 Å². The molecule has 3 N–H and O–H groups in total. The van der Waals surface area contributed by atoms with E-state index in [0.29, 0.717) is 5.82 Å². The predicted octanol–water partition coefficient (Wildman–Crippen LogP) is 2.70. The molecule has 0 saturated carbocycles. The summed E-state index contributed by atoms with van der Waals surface area (Å²) >= 11 is 1.91. The summed E-state index contributed by atoms with van der Waals surface area (Å²) in [5.74, 6) is 1.39. The molecule has 1 aromatic heterocycles. The Labute approximate surface area is 108 Å². The van der Waals surface area contributed by atoms with Gasteiger partial charge in [0.25, 0.3) is 0 Å². The van der Waals surface area contributed by atoms with E-state index in [2.05, 4.69) is 35.4 Å². The van der Waals surface area contributed by atoms with Crippen molar-refractivity contribution in [2.75, 3.05) is 23.9 Å². The zero-order chi connectivity index (χ0) is 12.9. The van der Waals surface area contributed by atoms with Gasteiger partial charge in [-0.15, -0.1) is 0 Å². The highest BCUT2D eigenvalue weighted by molar-refractivity contribution is 8.00. The van der Waals surface area contributed by atoms with E-state index in [1.165, 1.54) is 6.33 Å². The summed E-state index contributed by atoms with van der Waals surface area (Å²) in [6, 6.07) is 0. The van der Waals surface area contributed by atoms with Crippen LogP contribution in [0, 0.1) is 6.92 Å². The molecular weight excluding hydrogens is 232 g/mol. The van der Waals surface area contributed by atoms with Crippen LogP contribution in [0.5, 0.6) is 0 Å². The SMILES string of the molecule is CCC(CC)(CNc1ncnc(N)c1C)SC. The van der Waals surface area contributed by atoms with Crippen molar-refractivity contribution in [3.8, 4) is 0 Å². The fourth-order valence-corrected chi connectivity index (χ4v) is 2.54. The highest BCUT2D eigenvalue weighted by atomic mass is 32.2. The van der Waals surface area contributed by atoms with Crippen LogP contribution in [0.15, 0.2) is 6.33 Å². The van der Waals surface area contributed by atoms with Crippen LogP contribution >= 0.6 is 11.8 Å². The van der Waals surface area contributed by atoms with E-state index in [1.54, 1.807) is 0 Å². The Hall–Kier alpha value is -0.970. The van der Waals surface area contributed by atoms with Crippen LogP contribution in [0.4, 0.5) is 11.6 Å². The van der Waals surface area contributed by atoms with Gasteiger partial charge in [0, 0.05) is 16.9 Å². The van der Waals surface area contributed by atoms with Gasteiger partial charge in [0.1, 0.15) is 18.0 Å². The van der Waals surface area contributed by atoms with Crippen molar-refractivity contribution in [3.63, 3.8) is 0 Å². The third-order valence-corrected chi connectivity index (χ3v) is 5.01. The Morgan fingerprint density at radius 1 is 1.35 bits per heavy atom. The van der Waals surface area contributed by atoms with Crippen molar-refractivity contribution < 1.29 is 0 Å². The van der Waals surface area contributed by atoms with E-state index in [9.17, 15) is 0 Å². The molecule has 0 amide bonds. The molecule has 0 unspecified atom stereocenters. The van der Waals surface area contributed by atoms with Gasteiger partial charge in [-0.2, -0.15) is 11.8 Å². The summed E-state index contributed by atoms with van der Waals surface area (Å²) in [5, 5.41) is 3.40. The highest BCUT2D eigenvalue weighted by Gasteiger charge is 2.24. The molecule has 0 aliphatic rings. The standard InChI is InChI=1S/C12H22N4S/c1-5-12(6-2,17-4)7-14-11-9(3)10(13)15-8-16-11/h8H,5-7H2,1-4H3,(H3,13,14,15,16). The van der Waals surface area contributed by atoms with Crippen molar-refractivity contribution in [3.05, 3.63) is 11.9 Å². The van der Waals surface area contributed by atoms with E-state index in [1.807, 2.05) is 18.7 Å². The molecule has 1 aromatic rings. The van der Waals surface area contributed by atoms with Crippen molar-refractivity contribution in [2.45, 2.75) is 38.4 Å². The molecule has 0 aliphatic heterocycles. The number of hydrogen-bond acceptors (Lipinski definition) is 5. The third-order valence-electron chi connectivity index (χ3n) is 3.42. The lowest BCUT2D eigenvalue weighted by molar-refractivity contribution is 0.573. The van der Waals surface area contributed by atoms with Crippen molar-refractivity contribution in [2.24, 2.45) is 0 Å². The average molecular weight is 254 g/mol. The molecule has 0 bridgehead atoms. The van der Waals surface area contributed by atoms with Gasteiger partial charge in [0.05, 0.1) is 0 Å². The summed E-state index contributed by atoms with van der Waals surface area (Å²) < 4.78 is 0.270. The number of nitrogens with two attached hydrogens (primary N) is 1. The van der Waals surface area contributed by atoms with E-state index in [-0.39, 0.29) is 4.75 Å². The van der Waals surface area contributed by atoms with Gasteiger partial charge >= 0.3 is 0 Å². The maximum absolute atomic E-state index is 5.76. The molecule has 1 rings (SSSR count). The number of nitrogen functional groups attached to an aromatic ring is 1. The molecule has 17 heavy (non-hydrogen) atoms. The first-order valence-corrected chi connectivity index (χ1v) is 7.17. The van der Waals surface area contributed by atoms with Gasteiger partial charge < -0.3 is 11.1 Å². The second kappa shape index (κ2) is 6.10. The van der Waals surface area contributed by atoms with Crippen LogP contribution in [0.1, 0.15) is 32.3 Å². The minimum Gasteiger partial charge on any atom is -0.383 e. The Balaban J connectivity index is 2.75. The molecule has 0 saturated heterocycles. The molecule has 0 aromatic carbocycles. The fourth-order valence-electron chi connectivity index (χ4n) is 1.75. The first kappa shape index (κ1) is 14.1. The first-order chi connectivity index (χ1) is 8.08. The average Bonchev–Trinajstić information content (AvgIpc) is 2.36. The van der Waals surface area contributed by atoms with Crippen molar-refractivity contribution in [1.29, 1.82) is 0 Å². The van der Waals surface area contributed by atoms with Gasteiger partial charge in [0.2, 0.25) is 0 Å². The van der Waals surface area contributed by atoms with Crippen molar-refractivity contribution >= 4 is 23.4 Å². The topological polar surface area (TPSA) is 63.8 Å². The molecule has 5 heteroatoms. The quantitative estimate of drug-likeness (QED) is 0.817. The van der Waals surface area contributed by atoms with Crippen LogP contribution in [0.25, 0.3) is 0 Å². The molecular formula is C12H22N4S. The third kappa shape index (κ3) is 3.25. The summed E-state index contributed by atoms with van der Waals surface area (Å²) in [6.45, 7) is 7.29. The Kier molecular flexibility index (Phi) is 5.05. The number of aromatic nitrogens is 2. The first-order valence-electron chi connectivity index (χ1n) is 5.94. The van der Waals surface area contributed by atoms with Crippen LogP contribution in [0.2, 0.25) is 0 Å². The maximum Gasteiger partial charge on any atom is 0.134 e. The second-order valence-corrected chi connectivity index (χ2v) is 5.45. The zero-order valence-electron chi connectivity index (χ0n) is 11.1. The minimum absolute atomic E-state index is 0.270. The van der Waals surface area contributed by atoms with Gasteiger partial charge in [0.15, 0.2) is 0 Å². The largest absolute Gasteiger partial charge is 0.383 e. The van der Waals surface area contributed by atoms with Crippen LogP contribution < -0.4 is 11.1 Å². The van der Waals surface area contributed by atoms with Crippen LogP contribution in [0.3, 0.4) is 0 Å². The molecule has 96 valence electrons. The zero-order valence-corrected chi connectivity index (χ0v) is 11.9. The van der Waals surface area contributed by atoms with E-state index in [4.69, 9.17) is 5.73 Å². The summed E-state index contributed by atoms with van der Waals surface area (Å²) in [7, 11) is 0. The molecule has 0 aliphatic carbocycles. The maximum atomic E-state index is 5.76. The molecule has 4 nitrogen and oxygen atoms in total. The Bertz CT molecular complexity index is 355. The lowest BCUT2D eigenvalue weighted by atomic mass is 10.0. The highest BCUT2D eigenvalue weighted by Crippen LogP contribution is 2.31. The molecule has 0 fully saturated rings. The van der Waals surface area contributed by atoms with E-state index in [0.717, 1.165) is 30.8 Å². The number of rotatable bonds is 6. The number of nitrogens with one attached hydrogen (secondary N) is 1. The normalized spacial score (nSPS) is 11.5. The van der Waals surface area contributed by atoms with Crippen LogP contribution in [-0.4, -0.2) is 27.5 Å². The van der Waals surface area contributed by atoms with Gasteiger partial charge in [-0.25, -0.2) is 9.97 Å². The fraction of sp³-hybridized carbons (Fsp3) is 0.667. The smallest absolute Gasteiger partial charge is 0.134 e. The molecule has 1 heterocycles. The lowest BCUT2D eigenvalue weighted by Gasteiger charge is -2.30. The molecule has 0 atom stereocenters. The van der Waals surface area contributed by atoms with Gasteiger partial charge in [-0.3, -0.25) is 0 Å². The summed E-state index contributed by atoms with van der Waals surface area (Å²) in [5.41, 5.74) is 6.69. The number of anilines is 2. The molecule has 0 radical (unpaired) electrons. The Morgan fingerprint density at radius 2 is 2.00 bits per heavy atom. The monoisotopic (exact) mass is 254 g/mol. The van der Waals surface area contributed by atoms with Gasteiger partial charge in [-0.1, -0.05) is 13.8 Å². The van der Waals surface area contributed by atoms with E-state index < -0.39 is 0 Å². The van der Waals surface area contributed by atoms with Crippen molar-refractivity contribution in [1.82, 2.24) is 9.97 Å². The molecule has 0 spiro atoms. The predicted molar refractivity (Wildman–Crippen MR) is 76.5 cm³/mol. The lowest BCUT2D eigenvalue weighted by Crippen LogP contribution is -2.32. The number of nitrogens with zero attached hydrogens (tertiary/aromatic N) is 2. The Morgan fingerprint density at radius 3 is 2.53 bits per heavy atom. The number of thioether (sulfide) groups is 1.